The van der Waals surface area contributed by atoms with E-state index in [9.17, 15) is 14.0 Å². The maximum Gasteiger partial charge on any atom is 0.198 e. The second-order valence-corrected chi connectivity index (χ2v) is 5.62. The fraction of sp³-hybridized carbons (Fsp3) is 0. The van der Waals surface area contributed by atoms with Crippen molar-refractivity contribution in [3.8, 4) is 0 Å². The zero-order chi connectivity index (χ0) is 16.7. The van der Waals surface area contributed by atoms with Gasteiger partial charge in [0.25, 0.3) is 0 Å². The second kappa shape index (κ2) is 5.60. The maximum atomic E-state index is 13.8. The van der Waals surface area contributed by atoms with Crippen LogP contribution in [0.3, 0.4) is 0 Å². The average Bonchev–Trinajstić information content (AvgIpc) is 2.91. The predicted molar refractivity (Wildman–Crippen MR) is 85.7 cm³/mol. The van der Waals surface area contributed by atoms with Crippen molar-refractivity contribution in [1.82, 2.24) is 9.97 Å². The topological polar surface area (TPSA) is 102 Å². The van der Waals surface area contributed by atoms with Crippen molar-refractivity contribution in [2.45, 2.75) is 0 Å². The molecule has 0 saturated heterocycles. The summed E-state index contributed by atoms with van der Waals surface area (Å²) in [5.41, 5.74) is 5.37. The highest BCUT2D eigenvalue weighted by atomic mass is 79.9. The summed E-state index contributed by atoms with van der Waals surface area (Å²) >= 11 is 3.25. The van der Waals surface area contributed by atoms with Crippen LogP contribution in [0.1, 0.15) is 5.56 Å². The molecular formula is C14H10BrF2N5O. The van der Waals surface area contributed by atoms with E-state index in [2.05, 4.69) is 25.9 Å². The van der Waals surface area contributed by atoms with Gasteiger partial charge in [0.05, 0.1) is 11.2 Å². The number of H-pyrrole nitrogens is 1. The lowest BCUT2D eigenvalue weighted by Crippen LogP contribution is -2.27. The summed E-state index contributed by atoms with van der Waals surface area (Å²) in [7, 11) is 0. The zero-order valence-corrected chi connectivity index (χ0v) is 13.0. The van der Waals surface area contributed by atoms with Crippen LogP contribution in [-0.4, -0.2) is 21.0 Å². The molecule has 3 aromatic rings. The lowest BCUT2D eigenvalue weighted by atomic mass is 10.1. The minimum atomic E-state index is -1.19. The molecule has 9 heteroatoms. The van der Waals surface area contributed by atoms with Gasteiger partial charge in [0.2, 0.25) is 0 Å². The molecule has 0 saturated carbocycles. The molecule has 6 nitrogen and oxygen atoms in total. The van der Waals surface area contributed by atoms with Gasteiger partial charge in [-0.15, -0.1) is 0 Å². The minimum absolute atomic E-state index is 0.0282. The van der Waals surface area contributed by atoms with Gasteiger partial charge >= 0.3 is 0 Å². The molecule has 0 aliphatic rings. The van der Waals surface area contributed by atoms with E-state index < -0.39 is 17.5 Å². The summed E-state index contributed by atoms with van der Waals surface area (Å²) in [6.45, 7) is 0. The van der Waals surface area contributed by atoms with Gasteiger partial charge in [-0.2, -0.15) is 0 Å². The quantitative estimate of drug-likeness (QED) is 0.310. The minimum Gasteiger partial charge on any atom is -0.369 e. The number of imidazole rings is 1. The second-order valence-electron chi connectivity index (χ2n) is 4.71. The molecule has 1 aromatic heterocycles. The summed E-state index contributed by atoms with van der Waals surface area (Å²) < 4.78 is 28.2. The number of aromatic nitrogens is 2. The Balaban J connectivity index is 2.12. The first kappa shape index (κ1) is 15.4. The van der Waals surface area contributed by atoms with Crippen LogP contribution in [0.2, 0.25) is 0 Å². The van der Waals surface area contributed by atoms with Crippen molar-refractivity contribution in [1.29, 1.82) is 5.41 Å². The molecular weight excluding hydrogens is 372 g/mol. The smallest absolute Gasteiger partial charge is 0.198 e. The molecule has 118 valence electrons. The molecule has 2 aromatic carbocycles. The third kappa shape index (κ3) is 2.64. The molecule has 0 bridgehead atoms. The summed E-state index contributed by atoms with van der Waals surface area (Å²) in [4.78, 5) is 6.23. The van der Waals surface area contributed by atoms with E-state index in [4.69, 9.17) is 11.1 Å². The number of nitrogens with one attached hydrogen (secondary N) is 2. The molecule has 5 N–H and O–H groups in total. The Morgan fingerprint density at radius 2 is 2.09 bits per heavy atom. The molecule has 0 radical (unpaired) electrons. The highest BCUT2D eigenvalue weighted by Crippen LogP contribution is 2.26. The monoisotopic (exact) mass is 381 g/mol. The van der Waals surface area contributed by atoms with E-state index in [1.165, 1.54) is 0 Å². The van der Waals surface area contributed by atoms with Crippen LogP contribution in [0, 0.1) is 17.0 Å². The Hall–Kier alpha value is -2.52. The average molecular weight is 382 g/mol. The first-order valence-electron chi connectivity index (χ1n) is 6.35. The van der Waals surface area contributed by atoms with Crippen molar-refractivity contribution in [3.05, 3.63) is 52.0 Å². The normalized spacial score (nSPS) is 11.0. The van der Waals surface area contributed by atoms with E-state index in [1.807, 2.05) is 0 Å². The first-order valence-corrected chi connectivity index (χ1v) is 7.14. The van der Waals surface area contributed by atoms with E-state index in [-0.39, 0.29) is 28.2 Å². The van der Waals surface area contributed by atoms with E-state index in [0.717, 1.165) is 6.07 Å². The van der Waals surface area contributed by atoms with Gasteiger partial charge in [0.1, 0.15) is 5.52 Å². The van der Waals surface area contributed by atoms with Gasteiger partial charge in [-0.25, -0.2) is 18.8 Å². The number of amidine groups is 1. The van der Waals surface area contributed by atoms with Gasteiger partial charge in [0, 0.05) is 10.0 Å². The first-order chi connectivity index (χ1) is 10.9. The molecule has 1 heterocycles. The Labute approximate surface area is 137 Å². The van der Waals surface area contributed by atoms with Gasteiger partial charge in [-0.05, 0) is 24.3 Å². The lowest BCUT2D eigenvalue weighted by molar-refractivity contribution is 0.312. The number of halogens is 3. The Kier molecular flexibility index (Phi) is 3.74. The summed E-state index contributed by atoms with van der Waals surface area (Å²) in [5.74, 6) is -2.94. The molecule has 0 spiro atoms. The van der Waals surface area contributed by atoms with Gasteiger partial charge in [-0.1, -0.05) is 22.0 Å². The number of benzene rings is 2. The van der Waals surface area contributed by atoms with Crippen molar-refractivity contribution < 1.29 is 14.0 Å². The van der Waals surface area contributed by atoms with Crippen LogP contribution in [0.4, 0.5) is 20.4 Å². The van der Waals surface area contributed by atoms with Crippen LogP contribution in [-0.2, 0) is 0 Å². The molecule has 23 heavy (non-hydrogen) atoms. The predicted octanol–water partition coefficient (Wildman–Crippen LogP) is 3.41. The number of fused-ring (bicyclic) bond motifs is 1. The van der Waals surface area contributed by atoms with Gasteiger partial charge in [-0.3, -0.25) is 10.6 Å². The molecule has 0 atom stereocenters. The number of hydrogen-bond donors (Lipinski definition) is 4. The Morgan fingerprint density at radius 1 is 1.35 bits per heavy atom. The Morgan fingerprint density at radius 3 is 2.78 bits per heavy atom. The fourth-order valence-corrected chi connectivity index (χ4v) is 2.55. The fourth-order valence-electron chi connectivity index (χ4n) is 2.16. The van der Waals surface area contributed by atoms with E-state index >= 15 is 0 Å². The number of rotatable bonds is 2. The number of anilines is 2. The number of hydrogen-bond acceptors (Lipinski definition) is 4. The third-order valence-corrected chi connectivity index (χ3v) is 3.69. The number of nitrogen functional groups attached to an aromatic ring is 1. The SMILES string of the molecule is N=C(c1cc(F)c(F)c2nc(N)[nH]c12)N(O)c1cccc(Br)c1. The number of nitrogens with two attached hydrogens (primary N) is 1. The van der Waals surface area contributed by atoms with Crippen molar-refractivity contribution >= 4 is 44.4 Å². The van der Waals surface area contributed by atoms with Crippen LogP contribution in [0.5, 0.6) is 0 Å². The van der Waals surface area contributed by atoms with E-state index in [0.29, 0.717) is 9.54 Å². The molecule has 0 fully saturated rings. The molecule has 0 aliphatic heterocycles. The molecule has 0 aliphatic carbocycles. The zero-order valence-electron chi connectivity index (χ0n) is 11.4. The number of nitrogens with zero attached hydrogens (tertiary/aromatic N) is 2. The lowest BCUT2D eigenvalue weighted by Gasteiger charge is -2.18. The Bertz CT molecular complexity index is 927. The number of hydroxylamine groups is 1. The van der Waals surface area contributed by atoms with E-state index in [1.54, 1.807) is 24.3 Å². The van der Waals surface area contributed by atoms with Crippen LogP contribution < -0.4 is 10.8 Å². The standard InChI is InChI=1S/C14H10BrF2N5O/c15-6-2-1-3-7(4-6)22(23)13(18)8-5-9(16)10(17)12-11(8)20-14(19)21-12/h1-5,18,23H,(H3,19,20,21). The largest absolute Gasteiger partial charge is 0.369 e. The number of aromatic amines is 1. The molecule has 0 unspecified atom stereocenters. The summed E-state index contributed by atoms with van der Waals surface area (Å²) in [6.07, 6.45) is 0. The van der Waals surface area contributed by atoms with Crippen molar-refractivity contribution in [2.24, 2.45) is 0 Å². The molecule has 0 amide bonds. The summed E-state index contributed by atoms with van der Waals surface area (Å²) in [5, 5.41) is 18.8. The summed E-state index contributed by atoms with van der Waals surface area (Å²) in [6, 6.07) is 7.32. The van der Waals surface area contributed by atoms with Crippen molar-refractivity contribution in [2.75, 3.05) is 10.8 Å². The van der Waals surface area contributed by atoms with Crippen LogP contribution in [0.25, 0.3) is 11.0 Å². The highest BCUT2D eigenvalue weighted by molar-refractivity contribution is 9.10. The molecule has 3 rings (SSSR count). The van der Waals surface area contributed by atoms with Gasteiger partial charge in [0.15, 0.2) is 23.4 Å². The highest BCUT2D eigenvalue weighted by Gasteiger charge is 2.22. The van der Waals surface area contributed by atoms with Gasteiger partial charge < -0.3 is 10.7 Å². The van der Waals surface area contributed by atoms with Crippen LogP contribution in [0.15, 0.2) is 34.8 Å². The third-order valence-electron chi connectivity index (χ3n) is 3.20. The van der Waals surface area contributed by atoms with Crippen molar-refractivity contribution in [3.63, 3.8) is 0 Å². The van der Waals surface area contributed by atoms with Crippen LogP contribution >= 0.6 is 15.9 Å². The maximum absolute atomic E-state index is 13.8.